The van der Waals surface area contributed by atoms with Crippen LogP contribution in [0.5, 0.6) is 5.75 Å². The maximum absolute atomic E-state index is 13.8. The molecule has 44 heavy (non-hydrogen) atoms. The summed E-state index contributed by atoms with van der Waals surface area (Å²) in [7, 11) is 0. The van der Waals surface area contributed by atoms with E-state index in [-0.39, 0.29) is 28.3 Å². The van der Waals surface area contributed by atoms with E-state index in [1.165, 1.54) is 59.2 Å². The number of nitrogens with one attached hydrogen (secondary N) is 1. The topological polar surface area (TPSA) is 113 Å². The van der Waals surface area contributed by atoms with Crippen LogP contribution in [-0.2, 0) is 17.5 Å². The number of hydrogen-bond acceptors (Lipinski definition) is 7. The number of benzene rings is 2. The summed E-state index contributed by atoms with van der Waals surface area (Å²) in [6.07, 6.45) is -1.79. The maximum atomic E-state index is 13.8. The van der Waals surface area contributed by atoms with Crippen LogP contribution < -0.4 is 10.1 Å². The predicted octanol–water partition coefficient (Wildman–Crippen LogP) is 6.68. The Labute approximate surface area is 254 Å². The molecule has 3 heterocycles. The molecule has 1 N–H and O–H groups in total. The van der Waals surface area contributed by atoms with Crippen LogP contribution >= 0.6 is 11.6 Å². The Bertz CT molecular complexity index is 1860. The molecule has 0 radical (unpaired) electrons. The molecule has 10 nitrogen and oxygen atoms in total. The number of carbonyl (C=O) groups excluding carboxylic acids is 2. The highest BCUT2D eigenvalue weighted by atomic mass is 35.5. The molecule has 0 saturated heterocycles. The normalized spacial score (nSPS) is 11.9. The molecule has 0 aliphatic rings. The molecule has 1 amide bonds. The van der Waals surface area contributed by atoms with Crippen LogP contribution in [0.25, 0.3) is 11.3 Å². The van der Waals surface area contributed by atoms with Crippen molar-refractivity contribution >= 4 is 34.8 Å². The van der Waals surface area contributed by atoms with Crippen molar-refractivity contribution in [2.75, 3.05) is 5.32 Å². The molecule has 14 heteroatoms. The Kier molecular flexibility index (Phi) is 8.08. The monoisotopic (exact) mass is 626 g/mol. The number of halogens is 4. The van der Waals surface area contributed by atoms with Crippen LogP contribution in [0.2, 0.25) is 5.02 Å². The van der Waals surface area contributed by atoms with Crippen LogP contribution in [0, 0.1) is 6.92 Å². The zero-order valence-corrected chi connectivity index (χ0v) is 24.7. The number of rotatable bonds is 7. The number of amides is 1. The second kappa shape index (κ2) is 11.6. The number of nitrogens with zero attached hydrogens (tertiary/aromatic N) is 5. The first-order valence-electron chi connectivity index (χ1n) is 13.2. The number of carbonyl (C=O) groups is 2. The fourth-order valence-electron chi connectivity index (χ4n) is 4.17. The number of ether oxygens (including phenoxy) is 2. The maximum Gasteiger partial charge on any atom is 0.436 e. The summed E-state index contributed by atoms with van der Waals surface area (Å²) < 4.78 is 55.0. The fourth-order valence-corrected chi connectivity index (χ4v) is 4.45. The molecule has 3 aromatic heterocycles. The first kappa shape index (κ1) is 30.5. The van der Waals surface area contributed by atoms with E-state index < -0.39 is 41.0 Å². The van der Waals surface area contributed by atoms with E-state index in [1.54, 1.807) is 33.0 Å². The van der Waals surface area contributed by atoms with Crippen LogP contribution in [0.4, 0.5) is 18.9 Å². The Balaban J connectivity index is 1.39. The number of alkyl halides is 3. The highest BCUT2D eigenvalue weighted by molar-refractivity contribution is 6.32. The van der Waals surface area contributed by atoms with Gasteiger partial charge in [0.2, 0.25) is 0 Å². The van der Waals surface area contributed by atoms with Crippen molar-refractivity contribution in [1.29, 1.82) is 0 Å². The molecule has 0 bridgehead atoms. The van der Waals surface area contributed by atoms with Crippen LogP contribution in [0.3, 0.4) is 0 Å². The van der Waals surface area contributed by atoms with Gasteiger partial charge in [0.15, 0.2) is 11.3 Å². The molecule has 5 aromatic rings. The Morgan fingerprint density at radius 2 is 1.73 bits per heavy atom. The summed E-state index contributed by atoms with van der Waals surface area (Å²) in [5, 5.41) is 10.0. The second-order valence-corrected chi connectivity index (χ2v) is 11.1. The molecule has 0 fully saturated rings. The lowest BCUT2D eigenvalue weighted by atomic mass is 10.1. The van der Waals surface area contributed by atoms with Gasteiger partial charge in [-0.3, -0.25) is 4.79 Å². The SMILES string of the molecule is Cc1cc2ncc(NC(=O)c3cccc(-n4nc(C(F)(F)F)c(Cl)c4COc4ccc(C(=O)OC(C)(C)C)cc4)c3)cn2n1. The van der Waals surface area contributed by atoms with E-state index in [9.17, 15) is 22.8 Å². The average Bonchev–Trinajstić information content (AvgIpc) is 3.49. The fraction of sp³-hybridized carbons (Fsp3) is 0.233. The van der Waals surface area contributed by atoms with Crippen molar-refractivity contribution < 1.29 is 32.2 Å². The molecular formula is C30H26ClF3N6O4. The van der Waals surface area contributed by atoms with Crippen molar-refractivity contribution in [3.05, 3.63) is 100 Å². The van der Waals surface area contributed by atoms with Gasteiger partial charge in [0.05, 0.1) is 40.0 Å². The molecule has 0 spiro atoms. The summed E-state index contributed by atoms with van der Waals surface area (Å²) in [5.74, 6) is -0.799. The molecule has 0 aliphatic carbocycles. The number of aryl methyl sites for hydroxylation is 1. The molecule has 5 rings (SSSR count). The van der Waals surface area contributed by atoms with Gasteiger partial charge in [-0.05, 0) is 70.2 Å². The average molecular weight is 627 g/mol. The van der Waals surface area contributed by atoms with Crippen LogP contribution in [0.15, 0.2) is 67.0 Å². The molecule has 0 saturated carbocycles. The largest absolute Gasteiger partial charge is 0.487 e. The highest BCUT2D eigenvalue weighted by Gasteiger charge is 2.39. The summed E-state index contributed by atoms with van der Waals surface area (Å²) in [5.41, 5.74) is 0.201. The lowest BCUT2D eigenvalue weighted by Crippen LogP contribution is -2.23. The second-order valence-electron chi connectivity index (χ2n) is 10.8. The first-order chi connectivity index (χ1) is 20.7. The summed E-state index contributed by atoms with van der Waals surface area (Å²) >= 11 is 6.18. The lowest BCUT2D eigenvalue weighted by Gasteiger charge is -2.19. The van der Waals surface area contributed by atoms with Crippen molar-refractivity contribution in [3.8, 4) is 11.4 Å². The van der Waals surface area contributed by atoms with Gasteiger partial charge >= 0.3 is 12.1 Å². The Hall–Kier alpha value is -4.91. The van der Waals surface area contributed by atoms with Crippen molar-refractivity contribution in [1.82, 2.24) is 24.4 Å². The predicted molar refractivity (Wildman–Crippen MR) is 155 cm³/mol. The summed E-state index contributed by atoms with van der Waals surface area (Å²) in [6.45, 7) is 6.64. The highest BCUT2D eigenvalue weighted by Crippen LogP contribution is 2.37. The summed E-state index contributed by atoms with van der Waals surface area (Å²) in [4.78, 5) is 29.6. The molecular weight excluding hydrogens is 601 g/mol. The quantitative estimate of drug-likeness (QED) is 0.201. The van der Waals surface area contributed by atoms with Crippen molar-refractivity contribution in [2.45, 2.75) is 46.1 Å². The zero-order valence-electron chi connectivity index (χ0n) is 23.9. The standard InChI is InChI=1S/C30H26ClF3N6O4/c1-17-12-24-35-14-20(15-39(24)37-17)36-27(41)19-6-5-7-21(13-19)40-23(25(31)26(38-40)30(32,33)34)16-43-22-10-8-18(9-11-22)28(42)44-29(2,3)4/h5-15H,16H2,1-4H3,(H,36,41). The van der Waals surface area contributed by atoms with Crippen molar-refractivity contribution in [2.24, 2.45) is 0 Å². The number of fused-ring (bicyclic) bond motifs is 1. The number of aromatic nitrogens is 5. The minimum atomic E-state index is -4.85. The van der Waals surface area contributed by atoms with Gasteiger partial charge in [-0.1, -0.05) is 17.7 Å². The van der Waals surface area contributed by atoms with Gasteiger partial charge in [-0.25, -0.2) is 19.0 Å². The minimum Gasteiger partial charge on any atom is -0.487 e. The van der Waals surface area contributed by atoms with Gasteiger partial charge in [0.1, 0.15) is 23.7 Å². The molecule has 0 unspecified atom stereocenters. The Morgan fingerprint density at radius 3 is 2.41 bits per heavy atom. The smallest absolute Gasteiger partial charge is 0.436 e. The number of anilines is 1. The van der Waals surface area contributed by atoms with E-state index >= 15 is 0 Å². The minimum absolute atomic E-state index is 0.100. The van der Waals surface area contributed by atoms with Crippen LogP contribution in [-0.4, -0.2) is 41.9 Å². The van der Waals surface area contributed by atoms with Gasteiger partial charge in [-0.15, -0.1) is 0 Å². The third kappa shape index (κ3) is 6.83. The van der Waals surface area contributed by atoms with E-state index in [2.05, 4.69) is 20.5 Å². The van der Waals surface area contributed by atoms with Gasteiger partial charge in [0.25, 0.3) is 5.91 Å². The number of hydrogen-bond donors (Lipinski definition) is 1. The molecule has 0 aliphatic heterocycles. The number of esters is 1. The Morgan fingerprint density at radius 1 is 1.00 bits per heavy atom. The zero-order chi connectivity index (χ0) is 31.8. The molecule has 0 atom stereocenters. The lowest BCUT2D eigenvalue weighted by molar-refractivity contribution is -0.141. The van der Waals surface area contributed by atoms with Crippen molar-refractivity contribution in [3.63, 3.8) is 0 Å². The van der Waals surface area contributed by atoms with E-state index in [0.29, 0.717) is 11.3 Å². The van der Waals surface area contributed by atoms with E-state index in [0.717, 1.165) is 10.4 Å². The summed E-state index contributed by atoms with van der Waals surface area (Å²) in [6, 6.07) is 13.6. The molecule has 2 aromatic carbocycles. The van der Waals surface area contributed by atoms with E-state index in [1.807, 2.05) is 6.92 Å². The van der Waals surface area contributed by atoms with Gasteiger partial charge in [0, 0.05) is 11.6 Å². The van der Waals surface area contributed by atoms with Crippen LogP contribution in [0.1, 0.15) is 58.6 Å². The third-order valence-corrected chi connectivity index (χ3v) is 6.49. The first-order valence-corrected chi connectivity index (χ1v) is 13.6. The molecule has 228 valence electrons. The van der Waals surface area contributed by atoms with Gasteiger partial charge < -0.3 is 14.8 Å². The van der Waals surface area contributed by atoms with Gasteiger partial charge in [-0.2, -0.15) is 23.4 Å². The third-order valence-electron chi connectivity index (χ3n) is 6.10. The van der Waals surface area contributed by atoms with E-state index in [4.69, 9.17) is 21.1 Å².